The molecule has 0 spiro atoms. The Balaban J connectivity index is 1.51. The molecule has 6 heteroatoms. The molecule has 0 radical (unpaired) electrons. The van der Waals surface area contributed by atoms with Gasteiger partial charge in [-0.2, -0.15) is 0 Å². The SMILES string of the molecule is NC(=O)c1ccc(CNC(=O)COc2ccc3ccccc3c2)o1. The van der Waals surface area contributed by atoms with Crippen molar-refractivity contribution in [1.82, 2.24) is 5.32 Å². The highest BCUT2D eigenvalue weighted by molar-refractivity contribution is 5.89. The number of rotatable bonds is 6. The third-order valence-corrected chi connectivity index (χ3v) is 3.46. The molecule has 0 aliphatic rings. The van der Waals surface area contributed by atoms with Gasteiger partial charge in [-0.05, 0) is 35.0 Å². The second-order valence-corrected chi connectivity index (χ2v) is 5.20. The molecule has 0 fully saturated rings. The van der Waals surface area contributed by atoms with Gasteiger partial charge in [-0.3, -0.25) is 9.59 Å². The maximum absolute atomic E-state index is 11.8. The molecule has 122 valence electrons. The van der Waals surface area contributed by atoms with Gasteiger partial charge in [-0.15, -0.1) is 0 Å². The number of hydrogen-bond donors (Lipinski definition) is 2. The van der Waals surface area contributed by atoms with Crippen LogP contribution in [0.2, 0.25) is 0 Å². The van der Waals surface area contributed by atoms with Gasteiger partial charge in [-0.1, -0.05) is 30.3 Å². The largest absolute Gasteiger partial charge is 0.484 e. The van der Waals surface area contributed by atoms with Gasteiger partial charge >= 0.3 is 0 Å². The lowest BCUT2D eigenvalue weighted by Gasteiger charge is -2.07. The zero-order valence-corrected chi connectivity index (χ0v) is 12.8. The molecule has 0 saturated carbocycles. The van der Waals surface area contributed by atoms with Crippen molar-refractivity contribution in [1.29, 1.82) is 0 Å². The number of nitrogens with two attached hydrogens (primary N) is 1. The summed E-state index contributed by atoms with van der Waals surface area (Å²) in [7, 11) is 0. The van der Waals surface area contributed by atoms with E-state index in [0.29, 0.717) is 11.5 Å². The summed E-state index contributed by atoms with van der Waals surface area (Å²) in [5.41, 5.74) is 5.09. The average Bonchev–Trinajstić information content (AvgIpc) is 3.07. The first-order valence-corrected chi connectivity index (χ1v) is 7.38. The molecule has 3 aromatic rings. The van der Waals surface area contributed by atoms with E-state index in [1.54, 1.807) is 6.07 Å². The minimum Gasteiger partial charge on any atom is -0.484 e. The lowest BCUT2D eigenvalue weighted by molar-refractivity contribution is -0.123. The van der Waals surface area contributed by atoms with Crippen molar-refractivity contribution in [3.63, 3.8) is 0 Å². The van der Waals surface area contributed by atoms with Crippen molar-refractivity contribution < 1.29 is 18.7 Å². The van der Waals surface area contributed by atoms with Crippen LogP contribution in [0.15, 0.2) is 59.0 Å². The number of amides is 2. The van der Waals surface area contributed by atoms with Crippen LogP contribution in [-0.2, 0) is 11.3 Å². The third kappa shape index (κ3) is 3.73. The second-order valence-electron chi connectivity index (χ2n) is 5.20. The number of fused-ring (bicyclic) bond motifs is 1. The molecular weight excluding hydrogens is 308 g/mol. The number of furan rings is 1. The molecule has 1 aromatic heterocycles. The van der Waals surface area contributed by atoms with Gasteiger partial charge in [0.05, 0.1) is 6.54 Å². The second kappa shape index (κ2) is 6.87. The number of benzene rings is 2. The first kappa shape index (κ1) is 15.6. The lowest BCUT2D eigenvalue weighted by atomic mass is 10.1. The number of primary amides is 1. The van der Waals surface area contributed by atoms with E-state index in [0.717, 1.165) is 10.8 Å². The maximum Gasteiger partial charge on any atom is 0.284 e. The van der Waals surface area contributed by atoms with Crippen LogP contribution in [0.4, 0.5) is 0 Å². The summed E-state index contributed by atoms with van der Waals surface area (Å²) in [5, 5.41) is 4.80. The standard InChI is InChI=1S/C18H16N2O4/c19-18(22)16-8-7-15(24-16)10-20-17(21)11-23-14-6-5-12-3-1-2-4-13(12)9-14/h1-9H,10-11H2,(H2,19,22)(H,20,21). The van der Waals surface area contributed by atoms with Crippen LogP contribution < -0.4 is 15.8 Å². The molecule has 2 aromatic carbocycles. The van der Waals surface area contributed by atoms with Crippen LogP contribution in [0.3, 0.4) is 0 Å². The Hall–Kier alpha value is -3.28. The Labute approximate surface area is 138 Å². The van der Waals surface area contributed by atoms with Crippen LogP contribution in [0.25, 0.3) is 10.8 Å². The van der Waals surface area contributed by atoms with E-state index in [4.69, 9.17) is 14.9 Å². The van der Waals surface area contributed by atoms with Crippen LogP contribution >= 0.6 is 0 Å². The Kier molecular flexibility index (Phi) is 4.47. The third-order valence-electron chi connectivity index (χ3n) is 3.46. The van der Waals surface area contributed by atoms with E-state index < -0.39 is 5.91 Å². The zero-order valence-electron chi connectivity index (χ0n) is 12.8. The lowest BCUT2D eigenvalue weighted by Crippen LogP contribution is -2.28. The highest BCUT2D eigenvalue weighted by Crippen LogP contribution is 2.20. The molecule has 3 N–H and O–H groups in total. The van der Waals surface area contributed by atoms with Crippen LogP contribution in [-0.4, -0.2) is 18.4 Å². The topological polar surface area (TPSA) is 94.6 Å². The summed E-state index contributed by atoms with van der Waals surface area (Å²) in [6, 6.07) is 16.6. The van der Waals surface area contributed by atoms with Gasteiger partial charge in [0.15, 0.2) is 12.4 Å². The zero-order chi connectivity index (χ0) is 16.9. The quantitative estimate of drug-likeness (QED) is 0.727. The molecule has 0 aliphatic heterocycles. The smallest absolute Gasteiger partial charge is 0.284 e. The minimum atomic E-state index is -0.646. The summed E-state index contributed by atoms with van der Waals surface area (Å²) in [5.74, 6) is 0.194. The van der Waals surface area contributed by atoms with E-state index in [-0.39, 0.29) is 24.8 Å². The first-order chi connectivity index (χ1) is 11.6. The molecule has 0 aliphatic carbocycles. The Bertz CT molecular complexity index is 885. The minimum absolute atomic E-state index is 0.0617. The van der Waals surface area contributed by atoms with Crippen molar-refractivity contribution in [3.8, 4) is 5.75 Å². The number of carbonyl (C=O) groups excluding carboxylic acids is 2. The predicted octanol–water partition coefficient (Wildman–Crippen LogP) is 2.23. The predicted molar refractivity (Wildman–Crippen MR) is 88.5 cm³/mol. The van der Waals surface area contributed by atoms with Gasteiger partial charge in [0.2, 0.25) is 0 Å². The molecule has 0 atom stereocenters. The monoisotopic (exact) mass is 324 g/mol. The summed E-state index contributed by atoms with van der Waals surface area (Å²) in [6.07, 6.45) is 0. The summed E-state index contributed by atoms with van der Waals surface area (Å²) in [4.78, 5) is 22.8. The highest BCUT2D eigenvalue weighted by Gasteiger charge is 2.09. The summed E-state index contributed by atoms with van der Waals surface area (Å²) < 4.78 is 10.7. The van der Waals surface area contributed by atoms with Crippen molar-refractivity contribution in [2.75, 3.05) is 6.61 Å². The van der Waals surface area contributed by atoms with Crippen LogP contribution in [0, 0.1) is 0 Å². The molecule has 24 heavy (non-hydrogen) atoms. The number of nitrogens with one attached hydrogen (secondary N) is 1. The number of hydrogen-bond acceptors (Lipinski definition) is 4. The van der Waals surface area contributed by atoms with Crippen molar-refractivity contribution >= 4 is 22.6 Å². The Morgan fingerprint density at radius 1 is 1.04 bits per heavy atom. The first-order valence-electron chi connectivity index (χ1n) is 7.38. The molecule has 1 heterocycles. The fourth-order valence-corrected chi connectivity index (χ4v) is 2.25. The molecule has 2 amide bonds. The molecule has 3 rings (SSSR count). The Morgan fingerprint density at radius 3 is 2.58 bits per heavy atom. The Morgan fingerprint density at radius 2 is 1.83 bits per heavy atom. The average molecular weight is 324 g/mol. The summed E-state index contributed by atoms with van der Waals surface area (Å²) in [6.45, 7) is 0.0505. The van der Waals surface area contributed by atoms with E-state index in [1.165, 1.54) is 6.07 Å². The van der Waals surface area contributed by atoms with E-state index in [1.807, 2.05) is 42.5 Å². The fourth-order valence-electron chi connectivity index (χ4n) is 2.25. The van der Waals surface area contributed by atoms with Crippen molar-refractivity contribution in [2.24, 2.45) is 5.73 Å². The molecule has 0 bridgehead atoms. The number of ether oxygens (including phenoxy) is 1. The summed E-state index contributed by atoms with van der Waals surface area (Å²) >= 11 is 0. The molecule has 0 unspecified atom stereocenters. The van der Waals surface area contributed by atoms with Gasteiger partial charge in [0, 0.05) is 0 Å². The van der Waals surface area contributed by atoms with Crippen molar-refractivity contribution in [3.05, 3.63) is 66.1 Å². The van der Waals surface area contributed by atoms with Crippen LogP contribution in [0.1, 0.15) is 16.3 Å². The fraction of sp³-hybridized carbons (Fsp3) is 0.111. The van der Waals surface area contributed by atoms with Crippen LogP contribution in [0.5, 0.6) is 5.75 Å². The van der Waals surface area contributed by atoms with Gasteiger partial charge in [0.1, 0.15) is 11.5 Å². The van der Waals surface area contributed by atoms with Gasteiger partial charge < -0.3 is 20.2 Å². The number of carbonyl (C=O) groups is 2. The maximum atomic E-state index is 11.8. The molecular formula is C18H16N2O4. The molecule has 6 nitrogen and oxygen atoms in total. The van der Waals surface area contributed by atoms with Crippen molar-refractivity contribution in [2.45, 2.75) is 6.54 Å². The van der Waals surface area contributed by atoms with E-state index in [9.17, 15) is 9.59 Å². The van der Waals surface area contributed by atoms with E-state index in [2.05, 4.69) is 5.32 Å². The van der Waals surface area contributed by atoms with E-state index >= 15 is 0 Å². The molecule has 0 saturated heterocycles. The van der Waals surface area contributed by atoms with Gasteiger partial charge in [0.25, 0.3) is 11.8 Å². The normalized spacial score (nSPS) is 10.5. The highest BCUT2D eigenvalue weighted by atomic mass is 16.5. The van der Waals surface area contributed by atoms with Gasteiger partial charge in [-0.25, -0.2) is 0 Å².